The Morgan fingerprint density at radius 3 is 2.50 bits per heavy atom. The highest BCUT2D eigenvalue weighted by atomic mass is 32.1. The third-order valence-electron chi connectivity index (χ3n) is 2.60. The van der Waals surface area contributed by atoms with Crippen LogP contribution in [0.4, 0.5) is 0 Å². The minimum atomic E-state index is -0.569. The molecular formula is C11H14O2S. The molecule has 1 fully saturated rings. The van der Waals surface area contributed by atoms with E-state index in [1.165, 1.54) is 18.4 Å². The molecule has 1 atom stereocenters. The van der Waals surface area contributed by atoms with Crippen LogP contribution in [0.1, 0.15) is 36.0 Å². The molecule has 1 unspecified atom stereocenters. The van der Waals surface area contributed by atoms with E-state index in [1.807, 2.05) is 12.1 Å². The van der Waals surface area contributed by atoms with Crippen LogP contribution >= 0.6 is 12.9 Å². The summed E-state index contributed by atoms with van der Waals surface area (Å²) in [7, 11) is 0. The molecule has 1 aromatic rings. The second kappa shape index (κ2) is 4.34. The lowest BCUT2D eigenvalue weighted by molar-refractivity contribution is 0.121. The number of aliphatic hydroxyl groups is 1. The van der Waals surface area contributed by atoms with Crippen LogP contribution in [0.15, 0.2) is 24.3 Å². The fourth-order valence-electron chi connectivity index (χ4n) is 1.57. The van der Waals surface area contributed by atoms with Crippen LogP contribution in [0.2, 0.25) is 0 Å². The molecule has 0 aliphatic heterocycles. The van der Waals surface area contributed by atoms with Crippen LogP contribution in [0, 0.1) is 0 Å². The van der Waals surface area contributed by atoms with Gasteiger partial charge in [0.05, 0.1) is 6.61 Å². The van der Waals surface area contributed by atoms with Gasteiger partial charge in [-0.05, 0) is 42.8 Å². The molecule has 0 amide bonds. The topological polar surface area (TPSA) is 29.5 Å². The Morgan fingerprint density at radius 2 is 2.00 bits per heavy atom. The molecule has 1 saturated carbocycles. The fourth-order valence-corrected chi connectivity index (χ4v) is 1.72. The lowest BCUT2D eigenvalue weighted by Gasteiger charge is -2.09. The maximum Gasteiger partial charge on any atom is 0.104 e. The van der Waals surface area contributed by atoms with Crippen molar-refractivity contribution in [2.45, 2.75) is 24.9 Å². The summed E-state index contributed by atoms with van der Waals surface area (Å²) in [5.41, 5.74) is 2.27. The van der Waals surface area contributed by atoms with E-state index in [1.54, 1.807) is 0 Å². The van der Waals surface area contributed by atoms with Gasteiger partial charge in [0.2, 0.25) is 0 Å². The molecular weight excluding hydrogens is 196 g/mol. The van der Waals surface area contributed by atoms with E-state index in [0.717, 1.165) is 11.5 Å². The molecule has 14 heavy (non-hydrogen) atoms. The van der Waals surface area contributed by atoms with Crippen molar-refractivity contribution in [2.24, 2.45) is 0 Å². The zero-order chi connectivity index (χ0) is 9.97. The average Bonchev–Trinajstić information content (AvgIpc) is 3.02. The quantitative estimate of drug-likeness (QED) is 0.590. The normalized spacial score (nSPS) is 18.1. The molecule has 1 aliphatic rings. The molecule has 0 radical (unpaired) electrons. The first-order chi connectivity index (χ1) is 6.81. The standard InChI is InChI=1S/C11H14O2S/c12-11(7-13-14)10-5-3-9(4-6-10)8-1-2-8/h3-6,8,11-12,14H,1-2,7H2. The van der Waals surface area contributed by atoms with Crippen molar-refractivity contribution in [1.29, 1.82) is 0 Å². The molecule has 0 heterocycles. The summed E-state index contributed by atoms with van der Waals surface area (Å²) >= 11 is 3.61. The second-order valence-electron chi connectivity index (χ2n) is 3.75. The molecule has 0 aromatic heterocycles. The van der Waals surface area contributed by atoms with Crippen LogP contribution in [-0.2, 0) is 4.18 Å². The van der Waals surface area contributed by atoms with Gasteiger partial charge in [0.25, 0.3) is 0 Å². The zero-order valence-electron chi connectivity index (χ0n) is 7.89. The molecule has 1 aliphatic carbocycles. The number of hydrogen-bond acceptors (Lipinski definition) is 3. The van der Waals surface area contributed by atoms with E-state index >= 15 is 0 Å². The Bertz CT molecular complexity index is 293. The van der Waals surface area contributed by atoms with E-state index in [2.05, 4.69) is 29.2 Å². The maximum absolute atomic E-state index is 9.59. The summed E-state index contributed by atoms with van der Waals surface area (Å²) in [6, 6.07) is 8.11. The fraction of sp³-hybridized carbons (Fsp3) is 0.455. The summed E-state index contributed by atoms with van der Waals surface area (Å²) in [6.07, 6.45) is 2.05. The van der Waals surface area contributed by atoms with Gasteiger partial charge in [0.1, 0.15) is 6.10 Å². The second-order valence-corrected chi connectivity index (χ2v) is 4.01. The van der Waals surface area contributed by atoms with Crippen molar-refractivity contribution in [1.82, 2.24) is 0 Å². The number of rotatable bonds is 4. The van der Waals surface area contributed by atoms with Crippen LogP contribution in [-0.4, -0.2) is 11.7 Å². The van der Waals surface area contributed by atoms with Gasteiger partial charge >= 0.3 is 0 Å². The van der Waals surface area contributed by atoms with Gasteiger partial charge in [-0.1, -0.05) is 24.3 Å². The van der Waals surface area contributed by atoms with E-state index in [-0.39, 0.29) is 6.61 Å². The van der Waals surface area contributed by atoms with Gasteiger partial charge in [-0.25, -0.2) is 0 Å². The monoisotopic (exact) mass is 210 g/mol. The molecule has 1 aromatic carbocycles. The first kappa shape index (κ1) is 10.0. The Kier molecular flexibility index (Phi) is 3.11. The molecule has 0 spiro atoms. The summed E-state index contributed by atoms with van der Waals surface area (Å²) < 4.78 is 4.59. The Labute approximate surface area is 89.5 Å². The van der Waals surface area contributed by atoms with E-state index < -0.39 is 6.10 Å². The van der Waals surface area contributed by atoms with E-state index in [0.29, 0.717) is 0 Å². The first-order valence-corrected chi connectivity index (χ1v) is 5.22. The molecule has 1 N–H and O–H groups in total. The summed E-state index contributed by atoms with van der Waals surface area (Å²) in [6.45, 7) is 0.228. The van der Waals surface area contributed by atoms with Crippen molar-refractivity contribution >= 4 is 12.9 Å². The SMILES string of the molecule is OC(COS)c1ccc(C2CC2)cc1. The van der Waals surface area contributed by atoms with Gasteiger partial charge in [-0.2, -0.15) is 0 Å². The third-order valence-corrected chi connectivity index (χ3v) is 2.75. The Morgan fingerprint density at radius 1 is 1.36 bits per heavy atom. The highest BCUT2D eigenvalue weighted by Gasteiger charge is 2.23. The Hall–Kier alpha value is -0.510. The Balaban J connectivity index is 2.04. The third kappa shape index (κ3) is 2.29. The van der Waals surface area contributed by atoms with Crippen molar-refractivity contribution in [2.75, 3.05) is 6.61 Å². The molecule has 2 nitrogen and oxygen atoms in total. The molecule has 3 heteroatoms. The van der Waals surface area contributed by atoms with Gasteiger partial charge in [-0.3, -0.25) is 0 Å². The van der Waals surface area contributed by atoms with Crippen LogP contribution in [0.25, 0.3) is 0 Å². The van der Waals surface area contributed by atoms with E-state index in [9.17, 15) is 5.11 Å². The predicted molar refractivity (Wildman–Crippen MR) is 58.3 cm³/mol. The lowest BCUT2D eigenvalue weighted by Crippen LogP contribution is -2.03. The minimum absolute atomic E-state index is 0.228. The lowest BCUT2D eigenvalue weighted by atomic mass is 10.1. The molecule has 0 bridgehead atoms. The van der Waals surface area contributed by atoms with Gasteiger partial charge in [-0.15, -0.1) is 0 Å². The number of hydrogen-bond donors (Lipinski definition) is 2. The van der Waals surface area contributed by atoms with Gasteiger partial charge in [0, 0.05) is 0 Å². The van der Waals surface area contributed by atoms with Crippen molar-refractivity contribution in [3.8, 4) is 0 Å². The highest BCUT2D eigenvalue weighted by Crippen LogP contribution is 2.40. The van der Waals surface area contributed by atoms with Gasteiger partial charge < -0.3 is 9.29 Å². The van der Waals surface area contributed by atoms with Crippen LogP contribution in [0.3, 0.4) is 0 Å². The first-order valence-electron chi connectivity index (χ1n) is 4.85. The molecule has 0 saturated heterocycles. The van der Waals surface area contributed by atoms with Crippen LogP contribution < -0.4 is 0 Å². The summed E-state index contributed by atoms with van der Waals surface area (Å²) in [5.74, 6) is 0.766. The number of benzene rings is 1. The van der Waals surface area contributed by atoms with Crippen LogP contribution in [0.5, 0.6) is 0 Å². The minimum Gasteiger partial charge on any atom is -0.386 e. The van der Waals surface area contributed by atoms with Crippen molar-refractivity contribution in [3.05, 3.63) is 35.4 Å². The summed E-state index contributed by atoms with van der Waals surface area (Å²) in [4.78, 5) is 0. The molecule has 2 rings (SSSR count). The number of aliphatic hydroxyl groups excluding tert-OH is 1. The number of thiol groups is 1. The highest BCUT2D eigenvalue weighted by molar-refractivity contribution is 7.75. The maximum atomic E-state index is 9.59. The van der Waals surface area contributed by atoms with Gasteiger partial charge in [0.15, 0.2) is 0 Å². The average molecular weight is 210 g/mol. The summed E-state index contributed by atoms with van der Waals surface area (Å²) in [5, 5.41) is 9.59. The predicted octanol–water partition coefficient (Wildman–Crippen LogP) is 2.46. The van der Waals surface area contributed by atoms with Crippen molar-refractivity contribution in [3.63, 3.8) is 0 Å². The smallest absolute Gasteiger partial charge is 0.104 e. The largest absolute Gasteiger partial charge is 0.386 e. The molecule has 76 valence electrons. The van der Waals surface area contributed by atoms with Crippen molar-refractivity contribution < 1.29 is 9.29 Å². The van der Waals surface area contributed by atoms with E-state index in [4.69, 9.17) is 0 Å². The zero-order valence-corrected chi connectivity index (χ0v) is 8.78.